The number of hydrogen-bond acceptors (Lipinski definition) is 3. The molecule has 0 fully saturated rings. The first-order chi connectivity index (χ1) is 16.8. The Balaban J connectivity index is 1.58. The van der Waals surface area contributed by atoms with Crippen LogP contribution in [0.3, 0.4) is 0 Å². The van der Waals surface area contributed by atoms with Crippen molar-refractivity contribution in [2.75, 3.05) is 10.6 Å². The Kier molecular flexibility index (Phi) is 4.86. The van der Waals surface area contributed by atoms with Crippen LogP contribution in [0.15, 0.2) is 65.9 Å². The van der Waals surface area contributed by atoms with Crippen LogP contribution in [0.2, 0.25) is 0 Å². The molecule has 0 unspecified atom stereocenters. The summed E-state index contributed by atoms with van der Waals surface area (Å²) in [6.07, 6.45) is 1.42. The van der Waals surface area contributed by atoms with Crippen LogP contribution in [0.1, 0.15) is 56.3 Å². The number of hydrogen-bond donors (Lipinski definition) is 2. The standard InChI is InChI=1S/C31H33N3O/c1-6-34-26-10-8-7-9-21(26)22-15-20(11-12-27(22)34)30-29-25(16-31(4,5)17-28(29)35)32-23-13-18(2)19(3)14-24(23)33-30/h7-15,30,32-33H,6,16-17H2,1-5H3/t30-/m1/s1. The molecule has 6 rings (SSSR count). The third-order valence-electron chi connectivity index (χ3n) is 7.87. The maximum Gasteiger partial charge on any atom is 0.163 e. The molecule has 1 atom stereocenters. The Morgan fingerprint density at radius 1 is 0.914 bits per heavy atom. The fraction of sp³-hybridized carbons (Fsp3) is 0.323. The molecule has 1 aromatic heterocycles. The van der Waals surface area contributed by atoms with Crippen molar-refractivity contribution in [3.8, 4) is 0 Å². The zero-order valence-corrected chi connectivity index (χ0v) is 21.3. The van der Waals surface area contributed by atoms with Gasteiger partial charge in [-0.3, -0.25) is 4.79 Å². The van der Waals surface area contributed by atoms with Crippen molar-refractivity contribution in [1.82, 2.24) is 4.57 Å². The number of nitrogens with zero attached hydrogens (tertiary/aromatic N) is 1. The van der Waals surface area contributed by atoms with Crippen LogP contribution in [0.25, 0.3) is 21.8 Å². The van der Waals surface area contributed by atoms with Crippen molar-refractivity contribution in [1.29, 1.82) is 0 Å². The average Bonchev–Trinajstić information content (AvgIpc) is 3.04. The van der Waals surface area contributed by atoms with Gasteiger partial charge in [-0.1, -0.05) is 38.1 Å². The second-order valence-electron chi connectivity index (χ2n) is 11.1. The van der Waals surface area contributed by atoms with Crippen LogP contribution in [-0.4, -0.2) is 10.4 Å². The highest BCUT2D eigenvalue weighted by Crippen LogP contribution is 2.46. The van der Waals surface area contributed by atoms with Gasteiger partial charge in [0.15, 0.2) is 5.78 Å². The topological polar surface area (TPSA) is 46.1 Å². The van der Waals surface area contributed by atoms with E-state index in [1.807, 2.05) is 0 Å². The summed E-state index contributed by atoms with van der Waals surface area (Å²) < 4.78 is 2.37. The largest absolute Gasteiger partial charge is 0.372 e. The first-order valence-electron chi connectivity index (χ1n) is 12.7. The van der Waals surface area contributed by atoms with Gasteiger partial charge in [-0.15, -0.1) is 0 Å². The summed E-state index contributed by atoms with van der Waals surface area (Å²) in [5.41, 5.74) is 10.1. The lowest BCUT2D eigenvalue weighted by atomic mass is 9.73. The number of allylic oxidation sites excluding steroid dienone is 1. The van der Waals surface area contributed by atoms with E-state index in [1.165, 1.54) is 32.9 Å². The second kappa shape index (κ2) is 7.74. The molecular formula is C31H33N3O. The zero-order chi connectivity index (χ0) is 24.5. The number of carbonyl (C=O) groups is 1. The lowest BCUT2D eigenvalue weighted by molar-refractivity contribution is -0.118. The third-order valence-corrected chi connectivity index (χ3v) is 7.87. The number of fused-ring (bicyclic) bond motifs is 4. The number of anilines is 2. The fourth-order valence-electron chi connectivity index (χ4n) is 6.05. The normalized spacial score (nSPS) is 19.2. The zero-order valence-electron chi connectivity index (χ0n) is 21.3. The first-order valence-corrected chi connectivity index (χ1v) is 12.7. The van der Waals surface area contributed by atoms with Gasteiger partial charge in [0.1, 0.15) is 0 Å². The third kappa shape index (κ3) is 3.46. The summed E-state index contributed by atoms with van der Waals surface area (Å²) in [6.45, 7) is 11.8. The summed E-state index contributed by atoms with van der Waals surface area (Å²) in [4.78, 5) is 13.7. The quantitative estimate of drug-likeness (QED) is 0.321. The van der Waals surface area contributed by atoms with Gasteiger partial charge < -0.3 is 15.2 Å². The molecule has 4 nitrogen and oxygen atoms in total. The van der Waals surface area contributed by atoms with E-state index in [4.69, 9.17) is 0 Å². The summed E-state index contributed by atoms with van der Waals surface area (Å²) in [6, 6.07) is 19.6. The summed E-state index contributed by atoms with van der Waals surface area (Å²) in [5.74, 6) is 0.235. The second-order valence-corrected chi connectivity index (χ2v) is 11.1. The van der Waals surface area contributed by atoms with E-state index in [2.05, 4.69) is 104 Å². The van der Waals surface area contributed by atoms with E-state index in [9.17, 15) is 4.79 Å². The number of nitrogens with one attached hydrogen (secondary N) is 2. The summed E-state index contributed by atoms with van der Waals surface area (Å²) in [5, 5.41) is 9.97. The maximum absolute atomic E-state index is 13.7. The van der Waals surface area contributed by atoms with Crippen molar-refractivity contribution in [3.63, 3.8) is 0 Å². The van der Waals surface area contributed by atoms with Crippen molar-refractivity contribution in [2.45, 2.75) is 60.0 Å². The lowest BCUT2D eigenvalue weighted by Crippen LogP contribution is -2.31. The van der Waals surface area contributed by atoms with Crippen molar-refractivity contribution < 1.29 is 4.79 Å². The van der Waals surface area contributed by atoms with Crippen LogP contribution in [0, 0.1) is 19.3 Å². The van der Waals surface area contributed by atoms with E-state index >= 15 is 0 Å². The van der Waals surface area contributed by atoms with Crippen LogP contribution < -0.4 is 10.6 Å². The highest BCUT2D eigenvalue weighted by Gasteiger charge is 2.39. The molecular weight excluding hydrogens is 430 g/mol. The lowest BCUT2D eigenvalue weighted by Gasteiger charge is -2.34. The number of para-hydroxylation sites is 1. The highest BCUT2D eigenvalue weighted by molar-refractivity contribution is 6.08. The van der Waals surface area contributed by atoms with Gasteiger partial charge in [-0.05, 0) is 79.6 Å². The molecule has 0 bridgehead atoms. The van der Waals surface area contributed by atoms with Crippen molar-refractivity contribution in [3.05, 3.63) is 82.6 Å². The molecule has 0 saturated heterocycles. The number of benzene rings is 3. The molecule has 0 amide bonds. The molecule has 2 heterocycles. The number of ketones is 1. The van der Waals surface area contributed by atoms with E-state index < -0.39 is 0 Å². The summed E-state index contributed by atoms with van der Waals surface area (Å²) in [7, 11) is 0. The van der Waals surface area contributed by atoms with Gasteiger partial charge in [0, 0.05) is 46.0 Å². The monoisotopic (exact) mass is 463 g/mol. The Morgan fingerprint density at radius 2 is 1.63 bits per heavy atom. The Labute approximate surface area is 207 Å². The SMILES string of the molecule is CCn1c2ccccc2c2cc([C@H]3Nc4cc(C)c(C)cc4NC4=C3C(=O)CC(C)(C)C4)ccc21. The Morgan fingerprint density at radius 3 is 2.40 bits per heavy atom. The maximum atomic E-state index is 13.7. The molecule has 4 aromatic rings. The predicted octanol–water partition coefficient (Wildman–Crippen LogP) is 7.65. The van der Waals surface area contributed by atoms with Gasteiger partial charge >= 0.3 is 0 Å². The molecule has 4 heteroatoms. The van der Waals surface area contributed by atoms with Gasteiger partial charge in [0.05, 0.1) is 17.4 Å². The minimum Gasteiger partial charge on any atom is -0.372 e. The van der Waals surface area contributed by atoms with Gasteiger partial charge in [-0.2, -0.15) is 0 Å². The predicted molar refractivity (Wildman–Crippen MR) is 146 cm³/mol. The summed E-state index contributed by atoms with van der Waals surface area (Å²) >= 11 is 0. The molecule has 3 aromatic carbocycles. The van der Waals surface area contributed by atoms with E-state index in [0.717, 1.165) is 41.2 Å². The molecule has 1 aliphatic carbocycles. The van der Waals surface area contributed by atoms with Gasteiger partial charge in [-0.25, -0.2) is 0 Å². The minimum atomic E-state index is -0.197. The number of carbonyl (C=O) groups excluding carboxylic acids is 1. The van der Waals surface area contributed by atoms with Crippen molar-refractivity contribution >= 4 is 39.0 Å². The molecule has 1 aliphatic heterocycles. The molecule has 0 saturated carbocycles. The highest BCUT2D eigenvalue weighted by atomic mass is 16.1. The smallest absolute Gasteiger partial charge is 0.163 e. The first kappa shape index (κ1) is 22.0. The fourth-order valence-corrected chi connectivity index (χ4v) is 6.05. The number of rotatable bonds is 2. The molecule has 0 radical (unpaired) electrons. The minimum absolute atomic E-state index is 0.0593. The van der Waals surface area contributed by atoms with E-state index in [0.29, 0.717) is 6.42 Å². The molecule has 2 aliphatic rings. The Hall–Kier alpha value is -3.53. The average molecular weight is 464 g/mol. The molecule has 178 valence electrons. The van der Waals surface area contributed by atoms with Crippen LogP contribution in [0.5, 0.6) is 0 Å². The molecule has 2 N–H and O–H groups in total. The van der Waals surface area contributed by atoms with Crippen molar-refractivity contribution in [2.24, 2.45) is 5.41 Å². The van der Waals surface area contributed by atoms with Crippen LogP contribution in [-0.2, 0) is 11.3 Å². The van der Waals surface area contributed by atoms with Crippen LogP contribution in [0.4, 0.5) is 11.4 Å². The molecule has 0 spiro atoms. The van der Waals surface area contributed by atoms with Gasteiger partial charge in [0.25, 0.3) is 0 Å². The van der Waals surface area contributed by atoms with Gasteiger partial charge in [0.2, 0.25) is 0 Å². The van der Waals surface area contributed by atoms with E-state index in [1.54, 1.807) is 0 Å². The number of aryl methyl sites for hydroxylation is 3. The van der Waals surface area contributed by atoms with Crippen LogP contribution >= 0.6 is 0 Å². The Bertz CT molecular complexity index is 1550. The number of aromatic nitrogens is 1. The molecule has 35 heavy (non-hydrogen) atoms. The number of Topliss-reactive ketones (excluding diaryl/α,β-unsaturated/α-hetero) is 1. The van der Waals surface area contributed by atoms with E-state index in [-0.39, 0.29) is 17.2 Å².